The van der Waals surface area contributed by atoms with Gasteiger partial charge in [-0.15, -0.1) is 12.4 Å². The van der Waals surface area contributed by atoms with Gasteiger partial charge in [0.15, 0.2) is 0 Å². The first kappa shape index (κ1) is 14.7. The molecule has 1 N–H and O–H groups in total. The highest BCUT2D eigenvalue weighted by molar-refractivity contribution is 6.17. The maximum atomic E-state index is 11.9. The van der Waals surface area contributed by atoms with Gasteiger partial charge in [0.05, 0.1) is 0 Å². The van der Waals surface area contributed by atoms with Crippen LogP contribution >= 0.6 is 12.4 Å². The summed E-state index contributed by atoms with van der Waals surface area (Å²) in [6, 6.07) is 0. The van der Waals surface area contributed by atoms with Crippen LogP contribution in [0.15, 0.2) is 11.6 Å². The summed E-state index contributed by atoms with van der Waals surface area (Å²) in [4.78, 5) is 37.6. The monoisotopic (exact) mass is 273 g/mol. The Kier molecular flexibility index (Phi) is 4.86. The van der Waals surface area contributed by atoms with Crippen molar-refractivity contribution in [3.63, 3.8) is 0 Å². The first-order valence-electron chi connectivity index (χ1n) is 5.62. The average Bonchev–Trinajstić information content (AvgIpc) is 2.57. The Morgan fingerprint density at radius 1 is 1.33 bits per heavy atom. The highest BCUT2D eigenvalue weighted by Crippen LogP contribution is 2.12. The van der Waals surface area contributed by atoms with E-state index in [0.29, 0.717) is 18.7 Å². The largest absolute Gasteiger partial charge is 0.339 e. The van der Waals surface area contributed by atoms with E-state index < -0.39 is 5.91 Å². The zero-order chi connectivity index (χ0) is 12.4. The normalized spacial score (nSPS) is 19.7. The molecule has 0 bridgehead atoms. The van der Waals surface area contributed by atoms with E-state index in [2.05, 4.69) is 5.32 Å². The number of halogens is 1. The van der Waals surface area contributed by atoms with Gasteiger partial charge in [-0.05, 0) is 6.92 Å². The van der Waals surface area contributed by atoms with Crippen molar-refractivity contribution in [2.24, 2.45) is 0 Å². The maximum absolute atomic E-state index is 11.9. The molecule has 1 fully saturated rings. The molecule has 0 aromatic heterocycles. The van der Waals surface area contributed by atoms with Crippen molar-refractivity contribution in [2.45, 2.75) is 6.92 Å². The van der Waals surface area contributed by atoms with Gasteiger partial charge in [-0.2, -0.15) is 0 Å². The molecule has 7 heteroatoms. The lowest BCUT2D eigenvalue weighted by atomic mass is 10.3. The van der Waals surface area contributed by atoms with Crippen LogP contribution in [0.25, 0.3) is 0 Å². The lowest BCUT2D eigenvalue weighted by Crippen LogP contribution is -2.50. The molecule has 100 valence electrons. The molecule has 2 rings (SSSR count). The fourth-order valence-electron chi connectivity index (χ4n) is 1.94. The summed E-state index contributed by atoms with van der Waals surface area (Å²) in [5, 5.41) is 3.14. The SMILES string of the molecule is CC1=CC(=O)N(CC(=O)N2CCNCC2)C1=O.Cl. The number of nitrogens with one attached hydrogen (secondary N) is 1. The first-order chi connectivity index (χ1) is 8.09. The summed E-state index contributed by atoms with van der Waals surface area (Å²) in [5.41, 5.74) is 0.392. The van der Waals surface area contributed by atoms with Crippen LogP contribution in [-0.2, 0) is 14.4 Å². The smallest absolute Gasteiger partial charge is 0.257 e. The standard InChI is InChI=1S/C11H15N3O3.ClH/c1-8-6-9(15)14(11(8)17)7-10(16)13-4-2-12-3-5-13;/h6,12H,2-5,7H2,1H3;1H. The van der Waals surface area contributed by atoms with E-state index in [-0.39, 0.29) is 30.8 Å². The molecule has 1 saturated heterocycles. The molecule has 0 spiro atoms. The second-order valence-corrected chi connectivity index (χ2v) is 4.19. The van der Waals surface area contributed by atoms with Crippen LogP contribution < -0.4 is 5.32 Å². The number of amides is 3. The van der Waals surface area contributed by atoms with Gasteiger partial charge in [-0.1, -0.05) is 0 Å². The lowest BCUT2D eigenvalue weighted by Gasteiger charge is -2.28. The van der Waals surface area contributed by atoms with Gasteiger partial charge in [0.2, 0.25) is 5.91 Å². The third-order valence-electron chi connectivity index (χ3n) is 2.95. The number of rotatable bonds is 2. The highest BCUT2D eigenvalue weighted by atomic mass is 35.5. The Hall–Kier alpha value is -1.40. The molecule has 0 radical (unpaired) electrons. The van der Waals surface area contributed by atoms with Gasteiger partial charge in [0, 0.05) is 37.8 Å². The number of hydrogen-bond acceptors (Lipinski definition) is 4. The number of carbonyl (C=O) groups excluding carboxylic acids is 3. The molecule has 6 nitrogen and oxygen atoms in total. The quantitative estimate of drug-likeness (QED) is 0.666. The van der Waals surface area contributed by atoms with Crippen LogP contribution in [0, 0.1) is 0 Å². The fourth-order valence-corrected chi connectivity index (χ4v) is 1.94. The van der Waals surface area contributed by atoms with E-state index in [1.54, 1.807) is 11.8 Å². The molecule has 0 aromatic carbocycles. The minimum absolute atomic E-state index is 0. The van der Waals surface area contributed by atoms with Gasteiger partial charge in [0.1, 0.15) is 6.54 Å². The predicted octanol–water partition coefficient (Wildman–Crippen LogP) is -0.845. The van der Waals surface area contributed by atoms with E-state index in [4.69, 9.17) is 0 Å². The topological polar surface area (TPSA) is 69.7 Å². The molecule has 0 atom stereocenters. The van der Waals surface area contributed by atoms with Crippen molar-refractivity contribution in [3.8, 4) is 0 Å². The van der Waals surface area contributed by atoms with Crippen molar-refractivity contribution >= 4 is 30.1 Å². The summed E-state index contributed by atoms with van der Waals surface area (Å²) in [5.74, 6) is -0.925. The molecule has 0 aromatic rings. The van der Waals surface area contributed by atoms with E-state index in [1.807, 2.05) is 0 Å². The molecule has 0 saturated carbocycles. The Morgan fingerprint density at radius 2 is 1.94 bits per heavy atom. The third-order valence-corrected chi connectivity index (χ3v) is 2.95. The molecule has 2 heterocycles. The van der Waals surface area contributed by atoms with E-state index in [1.165, 1.54) is 6.08 Å². The summed E-state index contributed by atoms with van der Waals surface area (Å²) in [7, 11) is 0. The Labute approximate surface area is 111 Å². The first-order valence-corrected chi connectivity index (χ1v) is 5.62. The molecule has 2 aliphatic heterocycles. The average molecular weight is 274 g/mol. The van der Waals surface area contributed by atoms with E-state index >= 15 is 0 Å². The van der Waals surface area contributed by atoms with Gasteiger partial charge >= 0.3 is 0 Å². The van der Waals surface area contributed by atoms with Crippen molar-refractivity contribution in [1.29, 1.82) is 0 Å². The summed E-state index contributed by atoms with van der Waals surface area (Å²) < 4.78 is 0. The predicted molar refractivity (Wildman–Crippen MR) is 67.2 cm³/mol. The van der Waals surface area contributed by atoms with Gasteiger partial charge in [-0.3, -0.25) is 19.3 Å². The molecule has 0 unspecified atom stereocenters. The van der Waals surface area contributed by atoms with Crippen LogP contribution in [0.3, 0.4) is 0 Å². The van der Waals surface area contributed by atoms with Crippen molar-refractivity contribution < 1.29 is 14.4 Å². The number of hydrogen-bond donors (Lipinski definition) is 1. The Balaban J connectivity index is 0.00000162. The number of piperazine rings is 1. The van der Waals surface area contributed by atoms with Crippen LogP contribution in [0.5, 0.6) is 0 Å². The molecule has 3 amide bonds. The minimum atomic E-state index is -0.393. The zero-order valence-electron chi connectivity index (χ0n) is 10.1. The van der Waals surface area contributed by atoms with Crippen LogP contribution in [0.4, 0.5) is 0 Å². The number of imide groups is 1. The Bertz CT molecular complexity index is 402. The van der Waals surface area contributed by atoms with Crippen LogP contribution in [-0.4, -0.2) is 60.2 Å². The molecule has 0 aliphatic carbocycles. The van der Waals surface area contributed by atoms with Crippen molar-refractivity contribution in [1.82, 2.24) is 15.1 Å². The Morgan fingerprint density at radius 3 is 2.44 bits per heavy atom. The second-order valence-electron chi connectivity index (χ2n) is 4.19. The van der Waals surface area contributed by atoms with Crippen molar-refractivity contribution in [3.05, 3.63) is 11.6 Å². The highest BCUT2D eigenvalue weighted by Gasteiger charge is 2.31. The third kappa shape index (κ3) is 2.88. The maximum Gasteiger partial charge on any atom is 0.257 e. The summed E-state index contributed by atoms with van der Waals surface area (Å²) in [6.45, 7) is 4.19. The number of nitrogens with zero attached hydrogens (tertiary/aromatic N) is 2. The minimum Gasteiger partial charge on any atom is -0.339 e. The van der Waals surface area contributed by atoms with Gasteiger partial charge < -0.3 is 10.2 Å². The summed E-state index contributed by atoms with van der Waals surface area (Å²) in [6.07, 6.45) is 1.27. The van der Waals surface area contributed by atoms with Gasteiger partial charge in [0.25, 0.3) is 11.8 Å². The second kappa shape index (κ2) is 5.97. The molecule has 2 aliphatic rings. The van der Waals surface area contributed by atoms with Gasteiger partial charge in [-0.25, -0.2) is 0 Å². The molecule has 18 heavy (non-hydrogen) atoms. The molecular formula is C11H16ClN3O3. The molecular weight excluding hydrogens is 258 g/mol. The van der Waals surface area contributed by atoms with E-state index in [0.717, 1.165) is 18.0 Å². The fraction of sp³-hybridized carbons (Fsp3) is 0.545. The van der Waals surface area contributed by atoms with Crippen LogP contribution in [0.2, 0.25) is 0 Å². The zero-order valence-corrected chi connectivity index (χ0v) is 11.0. The lowest BCUT2D eigenvalue weighted by molar-refractivity contribution is -0.144. The summed E-state index contributed by atoms with van der Waals surface area (Å²) >= 11 is 0. The number of carbonyl (C=O) groups is 3. The van der Waals surface area contributed by atoms with Crippen molar-refractivity contribution in [2.75, 3.05) is 32.7 Å². The van der Waals surface area contributed by atoms with E-state index in [9.17, 15) is 14.4 Å². The van der Waals surface area contributed by atoms with Crippen LogP contribution in [0.1, 0.15) is 6.92 Å².